The lowest BCUT2D eigenvalue weighted by Gasteiger charge is -2.18. The summed E-state index contributed by atoms with van der Waals surface area (Å²) in [5.41, 5.74) is 14.0. The Bertz CT molecular complexity index is 2350. The van der Waals surface area contributed by atoms with Gasteiger partial charge in [-0.2, -0.15) is 0 Å². The molecule has 51 heavy (non-hydrogen) atoms. The van der Waals surface area contributed by atoms with E-state index in [4.69, 9.17) is 0 Å². The lowest BCUT2D eigenvalue weighted by Crippen LogP contribution is -2.01. The summed E-state index contributed by atoms with van der Waals surface area (Å²) < 4.78 is 2.41. The molecule has 0 amide bonds. The highest BCUT2D eigenvalue weighted by molar-refractivity contribution is 6.09. The van der Waals surface area contributed by atoms with Gasteiger partial charge < -0.3 is 9.88 Å². The van der Waals surface area contributed by atoms with Gasteiger partial charge in [-0.3, -0.25) is 0 Å². The SMILES string of the molecule is C=C(/C=C\C=C/C)c1ccccc1Nc1cc(/C(=C/Cc2cccc(-c3ccccc3)c2)CCC)cc(-n2c3ccccc3c3ccccc32)c1. The van der Waals surface area contributed by atoms with Crippen LogP contribution in [0, 0.1) is 0 Å². The van der Waals surface area contributed by atoms with Gasteiger partial charge in [0.2, 0.25) is 0 Å². The average molecular weight is 661 g/mol. The molecule has 6 aromatic carbocycles. The molecule has 0 bridgehead atoms. The predicted molar refractivity (Wildman–Crippen MR) is 222 cm³/mol. The zero-order chi connectivity index (χ0) is 35.0. The molecule has 2 heteroatoms. The molecule has 7 aromatic rings. The van der Waals surface area contributed by atoms with Crippen LogP contribution >= 0.6 is 0 Å². The molecule has 250 valence electrons. The number of para-hydroxylation sites is 3. The molecular formula is C49H44N2. The molecule has 0 fully saturated rings. The molecule has 0 saturated heterocycles. The number of hydrogen-bond acceptors (Lipinski definition) is 1. The first-order valence-corrected chi connectivity index (χ1v) is 17.9. The normalized spacial score (nSPS) is 12.0. The van der Waals surface area contributed by atoms with Gasteiger partial charge in [-0.15, -0.1) is 0 Å². The number of nitrogens with zero attached hydrogens (tertiary/aromatic N) is 1. The summed E-state index contributed by atoms with van der Waals surface area (Å²) in [5, 5.41) is 6.34. The number of allylic oxidation sites excluding steroid dienone is 7. The van der Waals surface area contributed by atoms with E-state index in [1.54, 1.807) is 0 Å². The van der Waals surface area contributed by atoms with Crippen molar-refractivity contribution in [1.29, 1.82) is 0 Å². The van der Waals surface area contributed by atoms with E-state index in [1.165, 1.54) is 49.6 Å². The number of rotatable bonds is 12. The average Bonchev–Trinajstić information content (AvgIpc) is 3.51. The Labute approximate surface area is 302 Å². The van der Waals surface area contributed by atoms with E-state index >= 15 is 0 Å². The lowest BCUT2D eigenvalue weighted by atomic mass is 9.96. The fourth-order valence-corrected chi connectivity index (χ4v) is 6.98. The summed E-state index contributed by atoms with van der Waals surface area (Å²) in [6.07, 6.45) is 13.5. The van der Waals surface area contributed by atoms with Gasteiger partial charge >= 0.3 is 0 Å². The van der Waals surface area contributed by atoms with Gasteiger partial charge in [0.15, 0.2) is 0 Å². The molecular weight excluding hydrogens is 617 g/mol. The number of fused-ring (bicyclic) bond motifs is 3. The highest BCUT2D eigenvalue weighted by Gasteiger charge is 2.15. The minimum absolute atomic E-state index is 0.861. The van der Waals surface area contributed by atoms with Crippen molar-refractivity contribution in [3.8, 4) is 16.8 Å². The molecule has 0 aliphatic rings. The smallest absolute Gasteiger partial charge is 0.0541 e. The molecule has 1 N–H and O–H groups in total. The Kier molecular flexibility index (Phi) is 10.2. The molecule has 0 aliphatic carbocycles. The molecule has 0 aliphatic heterocycles. The highest BCUT2D eigenvalue weighted by Crippen LogP contribution is 2.36. The van der Waals surface area contributed by atoms with E-state index in [0.29, 0.717) is 0 Å². The van der Waals surface area contributed by atoms with Crippen LogP contribution in [0.25, 0.3) is 49.8 Å². The van der Waals surface area contributed by atoms with E-state index in [2.05, 4.69) is 181 Å². The maximum Gasteiger partial charge on any atom is 0.0541 e. The first kappa shape index (κ1) is 33.4. The zero-order valence-electron chi connectivity index (χ0n) is 29.5. The van der Waals surface area contributed by atoms with Crippen LogP contribution in [0.4, 0.5) is 11.4 Å². The zero-order valence-corrected chi connectivity index (χ0v) is 29.5. The lowest BCUT2D eigenvalue weighted by molar-refractivity contribution is 0.968. The molecule has 1 heterocycles. The first-order chi connectivity index (χ1) is 25.1. The van der Waals surface area contributed by atoms with Gasteiger partial charge in [-0.1, -0.05) is 159 Å². The molecule has 0 unspecified atom stereocenters. The Morgan fingerprint density at radius 2 is 1.37 bits per heavy atom. The van der Waals surface area contributed by atoms with Crippen molar-refractivity contribution in [3.05, 3.63) is 199 Å². The number of benzene rings is 6. The first-order valence-electron chi connectivity index (χ1n) is 17.9. The van der Waals surface area contributed by atoms with Crippen molar-refractivity contribution in [2.75, 3.05) is 5.32 Å². The maximum atomic E-state index is 4.40. The highest BCUT2D eigenvalue weighted by atomic mass is 15.0. The minimum atomic E-state index is 0.861. The van der Waals surface area contributed by atoms with Gasteiger partial charge in [0.1, 0.15) is 0 Å². The third-order valence-electron chi connectivity index (χ3n) is 9.42. The summed E-state index contributed by atoms with van der Waals surface area (Å²) in [4.78, 5) is 0. The largest absolute Gasteiger partial charge is 0.355 e. The maximum absolute atomic E-state index is 4.40. The molecule has 7 rings (SSSR count). The van der Waals surface area contributed by atoms with Crippen molar-refractivity contribution in [2.24, 2.45) is 0 Å². The quantitative estimate of drug-likeness (QED) is 0.129. The van der Waals surface area contributed by atoms with Crippen molar-refractivity contribution >= 4 is 44.3 Å². The van der Waals surface area contributed by atoms with Crippen LogP contribution in [0.5, 0.6) is 0 Å². The summed E-state index contributed by atoms with van der Waals surface area (Å²) in [7, 11) is 0. The van der Waals surface area contributed by atoms with Crippen molar-refractivity contribution < 1.29 is 0 Å². The van der Waals surface area contributed by atoms with Crippen LogP contribution in [0.15, 0.2) is 183 Å². The van der Waals surface area contributed by atoms with Crippen LogP contribution in [0.1, 0.15) is 43.4 Å². The van der Waals surface area contributed by atoms with E-state index in [0.717, 1.165) is 47.5 Å². The summed E-state index contributed by atoms with van der Waals surface area (Å²) in [6.45, 7) is 8.69. The molecule has 0 radical (unpaired) electrons. The van der Waals surface area contributed by atoms with Crippen LogP contribution in [0.2, 0.25) is 0 Å². The second kappa shape index (κ2) is 15.6. The van der Waals surface area contributed by atoms with Crippen LogP contribution in [-0.4, -0.2) is 4.57 Å². The van der Waals surface area contributed by atoms with E-state index in [1.807, 2.05) is 25.2 Å². The molecule has 1 aromatic heterocycles. The predicted octanol–water partition coefficient (Wildman–Crippen LogP) is 13.8. The van der Waals surface area contributed by atoms with Gasteiger partial charge in [-0.25, -0.2) is 0 Å². The Hall–Kier alpha value is -6.12. The number of anilines is 2. The van der Waals surface area contributed by atoms with Crippen LogP contribution < -0.4 is 5.32 Å². The fourth-order valence-electron chi connectivity index (χ4n) is 6.98. The van der Waals surface area contributed by atoms with E-state index in [9.17, 15) is 0 Å². The third kappa shape index (κ3) is 7.41. The van der Waals surface area contributed by atoms with Gasteiger partial charge in [0.25, 0.3) is 0 Å². The second-order valence-electron chi connectivity index (χ2n) is 13.0. The van der Waals surface area contributed by atoms with E-state index < -0.39 is 0 Å². The topological polar surface area (TPSA) is 17.0 Å². The molecule has 0 atom stereocenters. The summed E-state index contributed by atoms with van der Waals surface area (Å²) in [6, 6.07) is 52.4. The van der Waals surface area contributed by atoms with Crippen LogP contribution in [0.3, 0.4) is 0 Å². The number of aromatic nitrogens is 1. The third-order valence-corrected chi connectivity index (χ3v) is 9.42. The van der Waals surface area contributed by atoms with E-state index in [-0.39, 0.29) is 0 Å². The monoisotopic (exact) mass is 660 g/mol. The van der Waals surface area contributed by atoms with Gasteiger partial charge in [0, 0.05) is 33.4 Å². The Morgan fingerprint density at radius 1 is 0.686 bits per heavy atom. The number of hydrogen-bond donors (Lipinski definition) is 1. The molecule has 0 saturated carbocycles. The van der Waals surface area contributed by atoms with Crippen molar-refractivity contribution in [1.82, 2.24) is 4.57 Å². The Morgan fingerprint density at radius 3 is 2.12 bits per heavy atom. The summed E-state index contributed by atoms with van der Waals surface area (Å²) >= 11 is 0. The molecule has 2 nitrogen and oxygen atoms in total. The molecule has 0 spiro atoms. The number of nitrogens with one attached hydrogen (secondary N) is 1. The standard InChI is InChI=1S/C49H44N2/c1-4-6-8-19-36(3)44-24-11-14-27-47(44)50-42-33-41(34-43(35-42)51-48-28-15-12-25-45(48)46-26-13-16-29-49(46)51)38(18-5-2)31-30-37-20-17-23-40(32-37)39-21-9-7-10-22-39/h4,6-17,19-29,31-35,50H,3,5,18,30H2,1-2H3/b6-4-,19-8-,38-31+. The van der Waals surface area contributed by atoms with Crippen molar-refractivity contribution in [2.45, 2.75) is 33.1 Å². The summed E-state index contributed by atoms with van der Waals surface area (Å²) in [5.74, 6) is 0. The minimum Gasteiger partial charge on any atom is -0.355 e. The van der Waals surface area contributed by atoms with Crippen LogP contribution in [-0.2, 0) is 6.42 Å². The fraction of sp³-hybridized carbons (Fsp3) is 0.102. The van der Waals surface area contributed by atoms with Gasteiger partial charge in [-0.05, 0) is 89.6 Å². The van der Waals surface area contributed by atoms with Gasteiger partial charge in [0.05, 0.1) is 11.0 Å². The van der Waals surface area contributed by atoms with Crippen molar-refractivity contribution in [3.63, 3.8) is 0 Å². The second-order valence-corrected chi connectivity index (χ2v) is 13.0. The Balaban J connectivity index is 1.35.